The lowest BCUT2D eigenvalue weighted by molar-refractivity contribution is -0.0265. The van der Waals surface area contributed by atoms with Crippen LogP contribution in [0, 0.1) is 6.92 Å². The Morgan fingerprint density at radius 3 is 3.00 bits per heavy atom. The van der Waals surface area contributed by atoms with E-state index in [0.717, 1.165) is 22.3 Å². The highest BCUT2D eigenvalue weighted by Gasteiger charge is 2.47. The minimum Gasteiger partial charge on any atom is -0.491 e. The monoisotopic (exact) mass is 263 g/mol. The number of aliphatic hydroxyl groups excluding tert-OH is 1. The average Bonchev–Trinajstić information content (AvgIpc) is 2.70. The Hall–Kier alpha value is -1.08. The van der Waals surface area contributed by atoms with Gasteiger partial charge in [0.1, 0.15) is 18.0 Å². The molecule has 0 aromatic heterocycles. The number of aryl methyl sites for hydroxylation is 1. The van der Waals surface area contributed by atoms with Crippen molar-refractivity contribution in [3.63, 3.8) is 0 Å². The number of hydrogen-bond acceptors (Lipinski definition) is 5. The van der Waals surface area contributed by atoms with Gasteiger partial charge in [-0.25, -0.2) is 0 Å². The van der Waals surface area contributed by atoms with Crippen LogP contribution in [0.4, 0.5) is 0 Å². The van der Waals surface area contributed by atoms with Crippen molar-refractivity contribution in [1.82, 2.24) is 0 Å². The van der Waals surface area contributed by atoms with E-state index in [-0.39, 0.29) is 12.7 Å². The third-order valence-corrected chi connectivity index (χ3v) is 3.78. The average molecular weight is 263 g/mol. The molecule has 0 radical (unpaired) electrons. The summed E-state index contributed by atoms with van der Waals surface area (Å²) in [6, 6.07) is 3.93. The quantitative estimate of drug-likeness (QED) is 0.728. The van der Waals surface area contributed by atoms with E-state index in [1.54, 1.807) is 0 Å². The minimum atomic E-state index is -0.766. The van der Waals surface area contributed by atoms with Gasteiger partial charge in [0, 0.05) is 12.0 Å². The van der Waals surface area contributed by atoms with Gasteiger partial charge in [-0.15, -0.1) is 0 Å². The standard InChI is InChI=1S/C13H18BNO4/c1-8-3-4-9-12-11(8)10(5-15)18-14(12)19-13(2,6-16)7-17-9/h3-4,10,16H,5-7,15H2,1-2H3/t10-,13+/m1/s1. The molecule has 3 N–H and O–H groups in total. The predicted molar refractivity (Wildman–Crippen MR) is 71.5 cm³/mol. The summed E-state index contributed by atoms with van der Waals surface area (Å²) >= 11 is 0. The van der Waals surface area contributed by atoms with E-state index in [2.05, 4.69) is 0 Å². The highest BCUT2D eigenvalue weighted by atomic mass is 16.6. The van der Waals surface area contributed by atoms with Crippen LogP contribution in [-0.4, -0.2) is 37.6 Å². The van der Waals surface area contributed by atoms with E-state index in [1.165, 1.54) is 0 Å². The zero-order chi connectivity index (χ0) is 13.6. The molecule has 2 aliphatic heterocycles. The van der Waals surface area contributed by atoms with Gasteiger partial charge < -0.3 is 24.9 Å². The maximum Gasteiger partial charge on any atom is 0.499 e. The Morgan fingerprint density at radius 1 is 1.53 bits per heavy atom. The van der Waals surface area contributed by atoms with Crippen molar-refractivity contribution >= 4 is 12.6 Å². The zero-order valence-corrected chi connectivity index (χ0v) is 11.2. The first-order chi connectivity index (χ1) is 9.08. The second-order valence-electron chi connectivity index (χ2n) is 5.41. The Labute approximate surface area is 112 Å². The molecule has 0 saturated carbocycles. The van der Waals surface area contributed by atoms with Gasteiger partial charge in [0.05, 0.1) is 12.7 Å². The third kappa shape index (κ3) is 1.95. The van der Waals surface area contributed by atoms with E-state index < -0.39 is 12.7 Å². The van der Waals surface area contributed by atoms with E-state index in [1.807, 2.05) is 26.0 Å². The van der Waals surface area contributed by atoms with Crippen LogP contribution < -0.4 is 15.9 Å². The predicted octanol–water partition coefficient (Wildman–Crippen LogP) is -0.120. The molecule has 6 heteroatoms. The number of aliphatic hydroxyl groups is 1. The van der Waals surface area contributed by atoms with Crippen molar-refractivity contribution in [2.75, 3.05) is 19.8 Å². The van der Waals surface area contributed by atoms with Gasteiger partial charge in [0.2, 0.25) is 0 Å². The lowest BCUT2D eigenvalue weighted by Crippen LogP contribution is -2.45. The molecule has 0 saturated heterocycles. The first kappa shape index (κ1) is 12.9. The summed E-state index contributed by atoms with van der Waals surface area (Å²) in [5.74, 6) is 0.763. The molecule has 0 aliphatic carbocycles. The molecule has 1 aromatic carbocycles. The minimum absolute atomic E-state index is 0.123. The van der Waals surface area contributed by atoms with Gasteiger partial charge in [-0.2, -0.15) is 0 Å². The molecule has 0 amide bonds. The van der Waals surface area contributed by atoms with Gasteiger partial charge in [0.15, 0.2) is 0 Å². The molecule has 2 atom stereocenters. The van der Waals surface area contributed by atoms with Gasteiger partial charge in [0.25, 0.3) is 0 Å². The number of hydrogen-bond donors (Lipinski definition) is 2. The van der Waals surface area contributed by atoms with Crippen LogP contribution in [0.15, 0.2) is 12.1 Å². The van der Waals surface area contributed by atoms with Gasteiger partial charge in [-0.05, 0) is 31.0 Å². The summed E-state index contributed by atoms with van der Waals surface area (Å²) in [5.41, 5.74) is 8.12. The Morgan fingerprint density at radius 2 is 2.32 bits per heavy atom. The molecule has 0 fully saturated rings. The van der Waals surface area contributed by atoms with Crippen molar-refractivity contribution in [3.05, 3.63) is 23.3 Å². The largest absolute Gasteiger partial charge is 0.499 e. The second-order valence-corrected chi connectivity index (χ2v) is 5.41. The first-order valence-corrected chi connectivity index (χ1v) is 6.48. The smallest absolute Gasteiger partial charge is 0.491 e. The van der Waals surface area contributed by atoms with Gasteiger partial charge >= 0.3 is 7.12 Å². The van der Waals surface area contributed by atoms with Crippen LogP contribution >= 0.6 is 0 Å². The highest BCUT2D eigenvalue weighted by molar-refractivity contribution is 6.64. The first-order valence-electron chi connectivity index (χ1n) is 6.48. The summed E-state index contributed by atoms with van der Waals surface area (Å²) in [6.45, 7) is 4.41. The molecule has 3 rings (SSSR count). The van der Waals surface area contributed by atoms with E-state index >= 15 is 0 Å². The Kier molecular flexibility index (Phi) is 3.06. The summed E-state index contributed by atoms with van der Waals surface area (Å²) in [7, 11) is -0.516. The molecular formula is C13H18BNO4. The van der Waals surface area contributed by atoms with Crippen LogP contribution in [0.3, 0.4) is 0 Å². The molecule has 2 heterocycles. The number of nitrogens with two attached hydrogens (primary N) is 1. The molecular weight excluding hydrogens is 245 g/mol. The topological polar surface area (TPSA) is 73.9 Å². The highest BCUT2D eigenvalue weighted by Crippen LogP contribution is 2.34. The summed E-state index contributed by atoms with van der Waals surface area (Å²) in [4.78, 5) is 0. The lowest BCUT2D eigenvalue weighted by atomic mass is 9.76. The molecule has 102 valence electrons. The molecule has 2 aliphatic rings. The maximum atomic E-state index is 9.48. The number of rotatable bonds is 2. The van der Waals surface area contributed by atoms with Crippen molar-refractivity contribution in [2.24, 2.45) is 5.73 Å². The number of benzene rings is 1. The molecule has 1 aromatic rings. The number of ether oxygens (including phenoxy) is 1. The van der Waals surface area contributed by atoms with Crippen molar-refractivity contribution in [2.45, 2.75) is 25.6 Å². The van der Waals surface area contributed by atoms with E-state index in [0.29, 0.717) is 13.2 Å². The van der Waals surface area contributed by atoms with Crippen LogP contribution in [0.5, 0.6) is 5.75 Å². The molecule has 0 bridgehead atoms. The van der Waals surface area contributed by atoms with E-state index in [9.17, 15) is 5.11 Å². The molecule has 0 spiro atoms. The molecule has 5 nitrogen and oxygen atoms in total. The zero-order valence-electron chi connectivity index (χ0n) is 11.2. The second kappa shape index (κ2) is 4.49. The van der Waals surface area contributed by atoms with Crippen LogP contribution in [0.25, 0.3) is 0 Å². The summed E-state index contributed by atoms with van der Waals surface area (Å²) < 4.78 is 17.6. The van der Waals surface area contributed by atoms with E-state index in [4.69, 9.17) is 19.8 Å². The maximum absolute atomic E-state index is 9.48. The third-order valence-electron chi connectivity index (χ3n) is 3.78. The lowest BCUT2D eigenvalue weighted by Gasteiger charge is -2.27. The van der Waals surface area contributed by atoms with Crippen molar-refractivity contribution in [1.29, 1.82) is 0 Å². The fraction of sp³-hybridized carbons (Fsp3) is 0.538. The Bertz CT molecular complexity index is 510. The Balaban J connectivity index is 2.09. The van der Waals surface area contributed by atoms with Crippen molar-refractivity contribution < 1.29 is 19.2 Å². The normalized spacial score (nSPS) is 28.8. The summed E-state index contributed by atoms with van der Waals surface area (Å²) in [6.07, 6.45) is -0.176. The van der Waals surface area contributed by atoms with Crippen LogP contribution in [-0.2, 0) is 9.31 Å². The fourth-order valence-corrected chi connectivity index (χ4v) is 2.67. The SMILES string of the molecule is Cc1ccc2c3c1[C@@H](CN)OB3O[C@@](C)(CO)CO2. The van der Waals surface area contributed by atoms with Crippen LogP contribution in [0.2, 0.25) is 0 Å². The summed E-state index contributed by atoms with van der Waals surface area (Å²) in [5, 5.41) is 9.48. The van der Waals surface area contributed by atoms with Crippen LogP contribution in [0.1, 0.15) is 24.2 Å². The van der Waals surface area contributed by atoms with Gasteiger partial charge in [-0.3, -0.25) is 0 Å². The van der Waals surface area contributed by atoms with Gasteiger partial charge in [-0.1, -0.05) is 6.07 Å². The van der Waals surface area contributed by atoms with Crippen molar-refractivity contribution in [3.8, 4) is 5.75 Å². The fourth-order valence-electron chi connectivity index (χ4n) is 2.67. The molecule has 0 unspecified atom stereocenters. The molecule has 19 heavy (non-hydrogen) atoms.